The van der Waals surface area contributed by atoms with Gasteiger partial charge in [-0.1, -0.05) is 0 Å². The summed E-state index contributed by atoms with van der Waals surface area (Å²) in [5, 5.41) is 12.6. The van der Waals surface area contributed by atoms with Crippen LogP contribution in [-0.2, 0) is 16.4 Å². The highest BCUT2D eigenvalue weighted by Crippen LogP contribution is 2.28. The van der Waals surface area contributed by atoms with E-state index in [1.807, 2.05) is 6.07 Å². The van der Waals surface area contributed by atoms with Crippen molar-refractivity contribution in [3.05, 3.63) is 0 Å². The maximum atomic E-state index is 11.6. The monoisotopic (exact) mass is 257 g/mol. The van der Waals surface area contributed by atoms with Gasteiger partial charge in [0.2, 0.25) is 0 Å². The van der Waals surface area contributed by atoms with Gasteiger partial charge in [-0.05, 0) is 0 Å². The largest absolute Gasteiger partial charge is 0.383 e. The molecule has 1 aromatic heterocycles. The van der Waals surface area contributed by atoms with Gasteiger partial charge in [0.25, 0.3) is 0 Å². The SMILES string of the molecule is CN(C)c1nn(CCC#N)c(N)c1S(C)(=O)=O. The first-order valence-corrected chi connectivity index (χ1v) is 6.78. The van der Waals surface area contributed by atoms with Crippen LogP contribution in [0.4, 0.5) is 11.6 Å². The Labute approximate surface area is 100 Å². The molecule has 0 amide bonds. The molecule has 8 heteroatoms. The Morgan fingerprint density at radius 1 is 1.53 bits per heavy atom. The zero-order valence-corrected chi connectivity index (χ0v) is 10.8. The molecule has 0 radical (unpaired) electrons. The molecule has 0 saturated carbocycles. The lowest BCUT2D eigenvalue weighted by Gasteiger charge is -2.09. The maximum absolute atomic E-state index is 11.6. The highest BCUT2D eigenvalue weighted by Gasteiger charge is 2.25. The molecule has 1 rings (SSSR count). The third kappa shape index (κ3) is 2.68. The summed E-state index contributed by atoms with van der Waals surface area (Å²) in [7, 11) is -0.0751. The van der Waals surface area contributed by atoms with E-state index in [1.165, 1.54) is 4.68 Å². The molecule has 17 heavy (non-hydrogen) atoms. The summed E-state index contributed by atoms with van der Waals surface area (Å²) < 4.78 is 24.6. The van der Waals surface area contributed by atoms with Crippen LogP contribution in [0.1, 0.15) is 6.42 Å². The summed E-state index contributed by atoms with van der Waals surface area (Å²) in [6, 6.07) is 1.96. The number of hydrogen-bond donors (Lipinski definition) is 1. The van der Waals surface area contributed by atoms with Crippen molar-refractivity contribution in [1.29, 1.82) is 5.26 Å². The molecule has 0 aromatic carbocycles. The van der Waals surface area contributed by atoms with E-state index in [-0.39, 0.29) is 23.7 Å². The molecular formula is C9H15N5O2S. The van der Waals surface area contributed by atoms with Gasteiger partial charge in [0.15, 0.2) is 20.6 Å². The molecule has 7 nitrogen and oxygen atoms in total. The highest BCUT2D eigenvalue weighted by molar-refractivity contribution is 7.91. The van der Waals surface area contributed by atoms with E-state index in [2.05, 4.69) is 5.10 Å². The first-order chi connectivity index (χ1) is 7.79. The second-order valence-electron chi connectivity index (χ2n) is 3.84. The summed E-state index contributed by atoms with van der Waals surface area (Å²) in [6.45, 7) is 0.276. The van der Waals surface area contributed by atoms with Crippen molar-refractivity contribution >= 4 is 21.5 Å². The smallest absolute Gasteiger partial charge is 0.182 e. The third-order valence-electron chi connectivity index (χ3n) is 2.16. The van der Waals surface area contributed by atoms with E-state index >= 15 is 0 Å². The quantitative estimate of drug-likeness (QED) is 0.804. The van der Waals surface area contributed by atoms with Crippen LogP contribution in [-0.4, -0.2) is 38.5 Å². The normalized spacial score (nSPS) is 11.2. The number of aromatic nitrogens is 2. The Balaban J connectivity index is 3.37. The van der Waals surface area contributed by atoms with Gasteiger partial charge in [-0.25, -0.2) is 13.1 Å². The van der Waals surface area contributed by atoms with Gasteiger partial charge in [-0.2, -0.15) is 10.4 Å². The number of nitrogen functional groups attached to an aromatic ring is 1. The minimum Gasteiger partial charge on any atom is -0.383 e. The molecule has 0 spiro atoms. The molecule has 0 aliphatic heterocycles. The van der Waals surface area contributed by atoms with Gasteiger partial charge >= 0.3 is 0 Å². The van der Waals surface area contributed by atoms with Crippen molar-refractivity contribution in [2.45, 2.75) is 17.9 Å². The molecule has 0 fully saturated rings. The average Bonchev–Trinajstić information content (AvgIpc) is 2.52. The number of rotatable bonds is 4. The predicted molar refractivity (Wildman–Crippen MR) is 64.3 cm³/mol. The van der Waals surface area contributed by atoms with E-state index in [0.29, 0.717) is 5.82 Å². The van der Waals surface area contributed by atoms with Crippen molar-refractivity contribution < 1.29 is 8.42 Å². The van der Waals surface area contributed by atoms with Crippen LogP contribution in [0.25, 0.3) is 0 Å². The highest BCUT2D eigenvalue weighted by atomic mass is 32.2. The van der Waals surface area contributed by atoms with Gasteiger partial charge in [-0.3, -0.25) is 0 Å². The minimum absolute atomic E-state index is 0.0143. The fourth-order valence-corrected chi connectivity index (χ4v) is 2.46. The number of nitriles is 1. The third-order valence-corrected chi connectivity index (χ3v) is 3.29. The molecule has 2 N–H and O–H groups in total. The van der Waals surface area contributed by atoms with E-state index in [9.17, 15) is 8.42 Å². The van der Waals surface area contributed by atoms with Crippen molar-refractivity contribution in [3.63, 3.8) is 0 Å². The van der Waals surface area contributed by atoms with Crippen LogP contribution in [0.5, 0.6) is 0 Å². The number of hydrogen-bond acceptors (Lipinski definition) is 6. The van der Waals surface area contributed by atoms with Gasteiger partial charge in [0.1, 0.15) is 5.82 Å². The lowest BCUT2D eigenvalue weighted by atomic mass is 10.5. The number of nitrogens with zero attached hydrogens (tertiary/aromatic N) is 4. The molecular weight excluding hydrogens is 242 g/mol. The average molecular weight is 257 g/mol. The fraction of sp³-hybridized carbons (Fsp3) is 0.556. The number of anilines is 2. The van der Waals surface area contributed by atoms with Gasteiger partial charge < -0.3 is 10.6 Å². The van der Waals surface area contributed by atoms with E-state index in [1.54, 1.807) is 19.0 Å². The Morgan fingerprint density at radius 2 is 2.12 bits per heavy atom. The first kappa shape index (κ1) is 13.3. The number of nitrogens with two attached hydrogens (primary N) is 1. The van der Waals surface area contributed by atoms with E-state index in [0.717, 1.165) is 6.26 Å². The lowest BCUT2D eigenvalue weighted by molar-refractivity contribution is 0.601. The van der Waals surface area contributed by atoms with E-state index in [4.69, 9.17) is 11.0 Å². The summed E-state index contributed by atoms with van der Waals surface area (Å²) >= 11 is 0. The van der Waals surface area contributed by atoms with Gasteiger partial charge in [0, 0.05) is 20.4 Å². The van der Waals surface area contributed by atoms with Crippen LogP contribution in [0, 0.1) is 11.3 Å². The summed E-state index contributed by atoms with van der Waals surface area (Å²) in [5.41, 5.74) is 5.75. The first-order valence-electron chi connectivity index (χ1n) is 4.89. The summed E-state index contributed by atoms with van der Waals surface area (Å²) in [6.07, 6.45) is 1.31. The molecule has 0 aliphatic carbocycles. The van der Waals surface area contributed by atoms with Crippen molar-refractivity contribution in [2.75, 3.05) is 31.0 Å². The van der Waals surface area contributed by atoms with Crippen LogP contribution >= 0.6 is 0 Å². The standard InChI is InChI=1S/C9H15N5O2S/c1-13(2)9-7(17(3,15)16)8(11)14(12-9)6-4-5-10/h4,6,11H2,1-3H3. The predicted octanol–water partition coefficient (Wildman–Crippen LogP) is -0.152. The van der Waals surface area contributed by atoms with Crippen molar-refractivity contribution in [1.82, 2.24) is 9.78 Å². The number of aryl methyl sites for hydroxylation is 1. The lowest BCUT2D eigenvalue weighted by Crippen LogP contribution is -2.13. The summed E-state index contributed by atoms with van der Waals surface area (Å²) in [5.74, 6) is 0.370. The second kappa shape index (κ2) is 4.63. The van der Waals surface area contributed by atoms with Gasteiger partial charge in [-0.15, -0.1) is 0 Å². The molecule has 0 unspecified atom stereocenters. The van der Waals surface area contributed by atoms with Gasteiger partial charge in [0.05, 0.1) is 19.0 Å². The Hall–Kier alpha value is -1.75. The van der Waals surface area contributed by atoms with Crippen molar-refractivity contribution in [2.24, 2.45) is 0 Å². The van der Waals surface area contributed by atoms with Crippen LogP contribution < -0.4 is 10.6 Å². The zero-order valence-electron chi connectivity index (χ0n) is 10.0. The second-order valence-corrected chi connectivity index (χ2v) is 5.79. The fourth-order valence-electron chi connectivity index (χ4n) is 1.42. The molecule has 94 valence electrons. The number of sulfone groups is 1. The van der Waals surface area contributed by atoms with Crippen LogP contribution in [0.2, 0.25) is 0 Å². The summed E-state index contributed by atoms with van der Waals surface area (Å²) in [4.78, 5) is 1.59. The zero-order chi connectivity index (χ0) is 13.2. The Morgan fingerprint density at radius 3 is 2.47 bits per heavy atom. The molecule has 1 heterocycles. The van der Waals surface area contributed by atoms with Crippen LogP contribution in [0.3, 0.4) is 0 Å². The Kier molecular flexibility index (Phi) is 3.63. The van der Waals surface area contributed by atoms with E-state index < -0.39 is 9.84 Å². The molecule has 0 atom stereocenters. The molecule has 0 aliphatic rings. The molecule has 0 bridgehead atoms. The molecule has 1 aromatic rings. The minimum atomic E-state index is -3.45. The maximum Gasteiger partial charge on any atom is 0.182 e. The Bertz CT molecular complexity index is 553. The van der Waals surface area contributed by atoms with Crippen molar-refractivity contribution in [3.8, 4) is 6.07 Å². The molecule has 0 saturated heterocycles. The topological polar surface area (TPSA) is 105 Å². The van der Waals surface area contributed by atoms with Crippen LogP contribution in [0.15, 0.2) is 4.90 Å².